The molecule has 1 aromatic carbocycles. The van der Waals surface area contributed by atoms with Crippen LogP contribution in [0.15, 0.2) is 24.3 Å². The molecular formula is C20H33N3O3. The van der Waals surface area contributed by atoms with E-state index in [0.29, 0.717) is 18.8 Å². The van der Waals surface area contributed by atoms with E-state index in [2.05, 4.69) is 17.6 Å². The number of benzene rings is 1. The van der Waals surface area contributed by atoms with Gasteiger partial charge in [0, 0.05) is 5.69 Å². The summed E-state index contributed by atoms with van der Waals surface area (Å²) < 4.78 is 0. The predicted octanol–water partition coefficient (Wildman–Crippen LogP) is 2.92. The Kier molecular flexibility index (Phi) is 11.3. The van der Waals surface area contributed by atoms with Crippen LogP contribution in [0.3, 0.4) is 0 Å². The van der Waals surface area contributed by atoms with Crippen molar-refractivity contribution in [1.29, 1.82) is 0 Å². The van der Waals surface area contributed by atoms with E-state index in [9.17, 15) is 14.7 Å². The summed E-state index contributed by atoms with van der Waals surface area (Å²) in [6.45, 7) is 3.42. The van der Waals surface area contributed by atoms with Gasteiger partial charge in [0.15, 0.2) is 0 Å². The number of nitrogens with one attached hydrogen (secondary N) is 2. The molecule has 0 saturated heterocycles. The van der Waals surface area contributed by atoms with E-state index in [1.165, 1.54) is 5.56 Å². The van der Waals surface area contributed by atoms with Crippen LogP contribution in [-0.2, 0) is 16.0 Å². The van der Waals surface area contributed by atoms with Crippen LogP contribution in [0, 0.1) is 0 Å². The van der Waals surface area contributed by atoms with E-state index in [1.54, 1.807) is 0 Å². The maximum atomic E-state index is 12.1. The zero-order valence-electron chi connectivity index (χ0n) is 15.8. The molecule has 6 nitrogen and oxygen atoms in total. The molecule has 0 radical (unpaired) electrons. The second-order valence-electron chi connectivity index (χ2n) is 6.60. The molecule has 146 valence electrons. The fraction of sp³-hybridized carbons (Fsp3) is 0.600. The first-order valence-corrected chi connectivity index (χ1v) is 9.61. The fourth-order valence-corrected chi connectivity index (χ4v) is 2.68. The minimum Gasteiger partial charge on any atom is -0.480 e. The van der Waals surface area contributed by atoms with Gasteiger partial charge in [0.25, 0.3) is 0 Å². The number of hydrogen-bond acceptors (Lipinski definition) is 4. The van der Waals surface area contributed by atoms with Gasteiger partial charge in [-0.15, -0.1) is 0 Å². The number of nitrogens with two attached hydrogens (primary N) is 1. The molecule has 0 saturated carbocycles. The molecular weight excluding hydrogens is 330 g/mol. The average molecular weight is 364 g/mol. The summed E-state index contributed by atoms with van der Waals surface area (Å²) in [5, 5.41) is 15.0. The van der Waals surface area contributed by atoms with Gasteiger partial charge in [-0.1, -0.05) is 38.3 Å². The van der Waals surface area contributed by atoms with Crippen LogP contribution in [0.4, 0.5) is 5.69 Å². The Bertz CT molecular complexity index is 532. The number of rotatable bonds is 14. The highest BCUT2D eigenvalue weighted by Gasteiger charge is 2.20. The number of aryl methyl sites for hydroxylation is 1. The third-order valence-corrected chi connectivity index (χ3v) is 4.27. The van der Waals surface area contributed by atoms with Crippen LogP contribution in [0.2, 0.25) is 0 Å². The highest BCUT2D eigenvalue weighted by molar-refractivity contribution is 5.94. The second-order valence-corrected chi connectivity index (χ2v) is 6.60. The summed E-state index contributed by atoms with van der Waals surface area (Å²) in [6, 6.07) is 6.86. The van der Waals surface area contributed by atoms with Crippen LogP contribution in [0.5, 0.6) is 0 Å². The number of hydrogen-bond donors (Lipinski definition) is 4. The van der Waals surface area contributed by atoms with E-state index in [1.807, 2.05) is 24.3 Å². The molecule has 0 aromatic heterocycles. The number of aliphatic carboxylic acids is 1. The standard InChI is InChI=1S/C20H33N3O3/c1-2-3-8-16-9-11-17(12-10-16)23-19(24)15-18(20(25)26)22-14-7-5-4-6-13-21/h9-12,18,22H,2-8,13-15,21H2,1H3,(H,23,24)(H,25,26)/t18-/m0/s1. The summed E-state index contributed by atoms with van der Waals surface area (Å²) >= 11 is 0. The van der Waals surface area contributed by atoms with E-state index in [-0.39, 0.29) is 12.3 Å². The third-order valence-electron chi connectivity index (χ3n) is 4.27. The highest BCUT2D eigenvalue weighted by atomic mass is 16.4. The smallest absolute Gasteiger partial charge is 0.321 e. The van der Waals surface area contributed by atoms with Gasteiger partial charge in [0.2, 0.25) is 5.91 Å². The van der Waals surface area contributed by atoms with Crippen molar-refractivity contribution in [3.8, 4) is 0 Å². The van der Waals surface area contributed by atoms with E-state index in [0.717, 1.165) is 44.9 Å². The molecule has 0 aliphatic carbocycles. The first-order chi connectivity index (χ1) is 12.6. The van der Waals surface area contributed by atoms with Crippen LogP contribution >= 0.6 is 0 Å². The fourth-order valence-electron chi connectivity index (χ4n) is 2.68. The summed E-state index contributed by atoms with van der Waals surface area (Å²) in [5.74, 6) is -1.30. The minimum atomic E-state index is -1.00. The Hall–Kier alpha value is -1.92. The second kappa shape index (κ2) is 13.3. The van der Waals surface area contributed by atoms with Gasteiger partial charge in [0.05, 0.1) is 6.42 Å². The molecule has 1 aromatic rings. The molecule has 5 N–H and O–H groups in total. The molecule has 0 spiro atoms. The van der Waals surface area contributed by atoms with E-state index in [4.69, 9.17) is 5.73 Å². The first kappa shape index (κ1) is 22.1. The Morgan fingerprint density at radius 1 is 1.08 bits per heavy atom. The zero-order valence-corrected chi connectivity index (χ0v) is 15.8. The molecule has 26 heavy (non-hydrogen) atoms. The lowest BCUT2D eigenvalue weighted by atomic mass is 10.1. The Labute approximate surface area is 156 Å². The van der Waals surface area contributed by atoms with Crippen LogP contribution in [-0.4, -0.2) is 36.1 Å². The van der Waals surface area contributed by atoms with Crippen molar-refractivity contribution in [2.45, 2.75) is 64.3 Å². The normalized spacial score (nSPS) is 11.9. The molecule has 1 rings (SSSR count). The summed E-state index contributed by atoms with van der Waals surface area (Å²) in [6.07, 6.45) is 7.15. The SMILES string of the molecule is CCCCc1ccc(NC(=O)C[C@H](NCCCCCCN)C(=O)O)cc1. The Morgan fingerprint density at radius 2 is 1.77 bits per heavy atom. The van der Waals surface area contributed by atoms with Gasteiger partial charge >= 0.3 is 5.97 Å². The monoisotopic (exact) mass is 363 g/mol. The quantitative estimate of drug-likeness (QED) is 0.380. The molecule has 6 heteroatoms. The number of carbonyl (C=O) groups is 2. The number of carboxylic acid groups (broad SMARTS) is 1. The molecule has 0 fully saturated rings. The van der Waals surface area contributed by atoms with Crippen molar-refractivity contribution in [2.24, 2.45) is 5.73 Å². The van der Waals surface area contributed by atoms with Gasteiger partial charge in [-0.25, -0.2) is 0 Å². The first-order valence-electron chi connectivity index (χ1n) is 9.61. The highest BCUT2D eigenvalue weighted by Crippen LogP contribution is 2.12. The van der Waals surface area contributed by atoms with Crippen molar-refractivity contribution < 1.29 is 14.7 Å². The zero-order chi connectivity index (χ0) is 19.2. The predicted molar refractivity (Wildman–Crippen MR) is 105 cm³/mol. The largest absolute Gasteiger partial charge is 0.480 e. The summed E-state index contributed by atoms with van der Waals surface area (Å²) in [5.41, 5.74) is 7.38. The molecule has 0 heterocycles. The van der Waals surface area contributed by atoms with Gasteiger partial charge in [0.1, 0.15) is 6.04 Å². The van der Waals surface area contributed by atoms with Gasteiger partial charge in [-0.05, 0) is 56.5 Å². The number of anilines is 1. The number of carbonyl (C=O) groups excluding carboxylic acids is 1. The number of amides is 1. The lowest BCUT2D eigenvalue weighted by molar-refractivity contribution is -0.141. The summed E-state index contributed by atoms with van der Waals surface area (Å²) in [4.78, 5) is 23.5. The molecule has 1 atom stereocenters. The molecule has 0 bridgehead atoms. The maximum absolute atomic E-state index is 12.1. The van der Waals surface area contributed by atoms with Crippen molar-refractivity contribution >= 4 is 17.6 Å². The van der Waals surface area contributed by atoms with Crippen LogP contribution in [0.25, 0.3) is 0 Å². The lowest BCUT2D eigenvalue weighted by Crippen LogP contribution is -2.40. The van der Waals surface area contributed by atoms with Gasteiger partial charge < -0.3 is 21.5 Å². The summed E-state index contributed by atoms with van der Waals surface area (Å²) in [7, 11) is 0. The Balaban J connectivity index is 2.38. The molecule has 1 amide bonds. The molecule has 0 unspecified atom stereocenters. The van der Waals surface area contributed by atoms with E-state index >= 15 is 0 Å². The van der Waals surface area contributed by atoms with Crippen molar-refractivity contribution in [1.82, 2.24) is 5.32 Å². The lowest BCUT2D eigenvalue weighted by Gasteiger charge is -2.14. The van der Waals surface area contributed by atoms with Gasteiger partial charge in [-0.3, -0.25) is 9.59 Å². The molecule has 0 aliphatic rings. The van der Waals surface area contributed by atoms with Gasteiger partial charge in [-0.2, -0.15) is 0 Å². The average Bonchev–Trinajstić information content (AvgIpc) is 2.62. The topological polar surface area (TPSA) is 104 Å². The van der Waals surface area contributed by atoms with Crippen LogP contribution < -0.4 is 16.4 Å². The third kappa shape index (κ3) is 9.53. The van der Waals surface area contributed by atoms with Crippen molar-refractivity contribution in [2.75, 3.05) is 18.4 Å². The van der Waals surface area contributed by atoms with Crippen LogP contribution in [0.1, 0.15) is 57.4 Å². The van der Waals surface area contributed by atoms with E-state index < -0.39 is 12.0 Å². The van der Waals surface area contributed by atoms with Crippen molar-refractivity contribution in [3.05, 3.63) is 29.8 Å². The van der Waals surface area contributed by atoms with Crippen molar-refractivity contribution in [3.63, 3.8) is 0 Å². The number of carboxylic acids is 1. The number of unbranched alkanes of at least 4 members (excludes halogenated alkanes) is 4. The minimum absolute atomic E-state index is 0.0876. The maximum Gasteiger partial charge on any atom is 0.321 e. The Morgan fingerprint density at radius 3 is 2.38 bits per heavy atom. The molecule has 0 aliphatic heterocycles.